The first-order valence-electron chi connectivity index (χ1n) is 5.95. The Morgan fingerprint density at radius 2 is 2.11 bits per heavy atom. The van der Waals surface area contributed by atoms with Gasteiger partial charge in [0.1, 0.15) is 5.69 Å². The third-order valence-corrected chi connectivity index (χ3v) is 2.83. The first-order chi connectivity index (χ1) is 9.15. The highest BCUT2D eigenvalue weighted by Gasteiger charge is 2.11. The predicted molar refractivity (Wildman–Crippen MR) is 72.6 cm³/mol. The molecule has 6 nitrogen and oxygen atoms in total. The van der Waals surface area contributed by atoms with Crippen LogP contribution in [0.5, 0.6) is 11.5 Å². The van der Waals surface area contributed by atoms with Crippen molar-refractivity contribution in [1.82, 2.24) is 14.8 Å². The van der Waals surface area contributed by atoms with Crippen LogP contribution in [0.15, 0.2) is 18.5 Å². The molecule has 0 spiro atoms. The van der Waals surface area contributed by atoms with Gasteiger partial charge in [0.25, 0.3) is 0 Å². The summed E-state index contributed by atoms with van der Waals surface area (Å²) < 4.78 is 12.4. The Kier molecular flexibility index (Phi) is 3.89. The van der Waals surface area contributed by atoms with Gasteiger partial charge in [-0.15, -0.1) is 0 Å². The molecule has 0 fully saturated rings. The molecule has 0 aromatic carbocycles. The van der Waals surface area contributed by atoms with Crippen LogP contribution >= 0.6 is 0 Å². The summed E-state index contributed by atoms with van der Waals surface area (Å²) in [6.07, 6.45) is 3.64. The number of anilines is 1. The molecule has 2 rings (SSSR count). The zero-order valence-electron chi connectivity index (χ0n) is 11.6. The zero-order valence-corrected chi connectivity index (χ0v) is 11.6. The lowest BCUT2D eigenvalue weighted by atomic mass is 10.3. The van der Waals surface area contributed by atoms with Crippen LogP contribution in [-0.2, 0) is 13.6 Å². The molecular weight excluding hydrogens is 244 g/mol. The fourth-order valence-corrected chi connectivity index (χ4v) is 1.93. The molecule has 6 heteroatoms. The number of rotatable bonds is 5. The molecule has 0 saturated heterocycles. The van der Waals surface area contributed by atoms with Gasteiger partial charge in [0.05, 0.1) is 32.1 Å². The van der Waals surface area contributed by atoms with Gasteiger partial charge in [-0.3, -0.25) is 9.67 Å². The molecule has 0 aliphatic carbocycles. The van der Waals surface area contributed by atoms with Crippen LogP contribution < -0.4 is 14.8 Å². The molecule has 0 aliphatic heterocycles. The Labute approximate surface area is 112 Å². The Hall–Kier alpha value is -2.24. The van der Waals surface area contributed by atoms with Crippen molar-refractivity contribution in [3.05, 3.63) is 29.8 Å². The van der Waals surface area contributed by atoms with E-state index in [-0.39, 0.29) is 0 Å². The average Bonchev–Trinajstić information content (AvgIpc) is 2.73. The van der Waals surface area contributed by atoms with Gasteiger partial charge in [-0.25, -0.2) is 0 Å². The van der Waals surface area contributed by atoms with Crippen LogP contribution in [0.25, 0.3) is 0 Å². The molecule has 0 saturated carbocycles. The molecule has 102 valence electrons. The largest absolute Gasteiger partial charge is 0.493 e. The minimum Gasteiger partial charge on any atom is -0.493 e. The van der Waals surface area contributed by atoms with E-state index in [1.165, 1.54) is 0 Å². The maximum Gasteiger partial charge on any atom is 0.184 e. The van der Waals surface area contributed by atoms with Gasteiger partial charge in [0.2, 0.25) is 0 Å². The number of pyridine rings is 1. The smallest absolute Gasteiger partial charge is 0.184 e. The lowest BCUT2D eigenvalue weighted by Gasteiger charge is -2.12. The molecule has 0 radical (unpaired) electrons. The number of ether oxygens (including phenoxy) is 2. The summed E-state index contributed by atoms with van der Waals surface area (Å²) in [6.45, 7) is 2.51. The number of nitrogens with one attached hydrogen (secondary N) is 1. The number of hydrogen-bond donors (Lipinski definition) is 1. The fraction of sp³-hybridized carbons (Fsp3) is 0.385. The van der Waals surface area contributed by atoms with Gasteiger partial charge in [-0.05, 0) is 6.92 Å². The van der Waals surface area contributed by atoms with E-state index in [1.807, 2.05) is 20.2 Å². The molecule has 0 unspecified atom stereocenters. The quantitative estimate of drug-likeness (QED) is 0.889. The Morgan fingerprint density at radius 3 is 2.68 bits per heavy atom. The number of aromatic nitrogens is 3. The van der Waals surface area contributed by atoms with Crippen LogP contribution in [0.4, 0.5) is 5.69 Å². The highest BCUT2D eigenvalue weighted by molar-refractivity contribution is 5.48. The van der Waals surface area contributed by atoms with Crippen molar-refractivity contribution in [2.45, 2.75) is 13.5 Å². The van der Waals surface area contributed by atoms with E-state index < -0.39 is 0 Å². The van der Waals surface area contributed by atoms with Gasteiger partial charge in [-0.2, -0.15) is 5.10 Å². The van der Waals surface area contributed by atoms with Crippen molar-refractivity contribution < 1.29 is 9.47 Å². The van der Waals surface area contributed by atoms with Gasteiger partial charge >= 0.3 is 0 Å². The monoisotopic (exact) mass is 262 g/mol. The molecule has 2 aromatic heterocycles. The van der Waals surface area contributed by atoms with Crippen molar-refractivity contribution in [3.8, 4) is 11.5 Å². The third-order valence-electron chi connectivity index (χ3n) is 2.83. The standard InChI is InChI=1S/C13H18N4O2/c1-9-11(8-17(2)16-9)15-7-10-13(19-4)12(18-3)5-6-14-10/h5-6,8,15H,7H2,1-4H3. The maximum absolute atomic E-state index is 5.34. The van der Waals surface area contributed by atoms with Crippen LogP contribution in [0.3, 0.4) is 0 Å². The highest BCUT2D eigenvalue weighted by atomic mass is 16.5. The minimum atomic E-state index is 0.549. The van der Waals surface area contributed by atoms with Gasteiger partial charge < -0.3 is 14.8 Å². The van der Waals surface area contributed by atoms with Crippen LogP contribution in [0, 0.1) is 6.92 Å². The minimum absolute atomic E-state index is 0.549. The lowest BCUT2D eigenvalue weighted by Crippen LogP contribution is -2.05. The molecule has 0 amide bonds. The topological polar surface area (TPSA) is 61.2 Å². The van der Waals surface area contributed by atoms with E-state index in [2.05, 4.69) is 15.4 Å². The van der Waals surface area contributed by atoms with Crippen molar-refractivity contribution in [2.24, 2.45) is 7.05 Å². The summed E-state index contributed by atoms with van der Waals surface area (Å²) in [5.41, 5.74) is 2.73. The van der Waals surface area contributed by atoms with E-state index in [1.54, 1.807) is 31.2 Å². The second-order valence-corrected chi connectivity index (χ2v) is 4.15. The van der Waals surface area contributed by atoms with Gasteiger partial charge in [0.15, 0.2) is 11.5 Å². The molecule has 0 aliphatic rings. The SMILES string of the molecule is COc1ccnc(CNc2cn(C)nc2C)c1OC. The predicted octanol–water partition coefficient (Wildman–Crippen LogP) is 1.75. The summed E-state index contributed by atoms with van der Waals surface area (Å²) in [6, 6.07) is 1.78. The summed E-state index contributed by atoms with van der Waals surface area (Å²) in [7, 11) is 5.11. The maximum atomic E-state index is 5.34. The fourth-order valence-electron chi connectivity index (χ4n) is 1.93. The average molecular weight is 262 g/mol. The number of methoxy groups -OCH3 is 2. The van der Waals surface area contributed by atoms with Crippen LogP contribution in [0.2, 0.25) is 0 Å². The van der Waals surface area contributed by atoms with Crippen molar-refractivity contribution >= 4 is 5.69 Å². The van der Waals surface area contributed by atoms with Gasteiger partial charge in [0, 0.05) is 25.5 Å². The van der Waals surface area contributed by atoms with E-state index >= 15 is 0 Å². The number of aryl methyl sites for hydroxylation is 2. The zero-order chi connectivity index (χ0) is 13.8. The van der Waals surface area contributed by atoms with Crippen LogP contribution in [-0.4, -0.2) is 29.0 Å². The first kappa shape index (κ1) is 13.2. The van der Waals surface area contributed by atoms with E-state index in [9.17, 15) is 0 Å². The molecule has 19 heavy (non-hydrogen) atoms. The van der Waals surface area contributed by atoms with Crippen molar-refractivity contribution in [2.75, 3.05) is 19.5 Å². The summed E-state index contributed by atoms with van der Waals surface area (Å²) in [5, 5.41) is 7.57. The molecule has 1 N–H and O–H groups in total. The second kappa shape index (κ2) is 5.60. The molecule has 2 heterocycles. The summed E-state index contributed by atoms with van der Waals surface area (Å²) in [4.78, 5) is 4.31. The Morgan fingerprint density at radius 1 is 1.32 bits per heavy atom. The number of hydrogen-bond acceptors (Lipinski definition) is 5. The summed E-state index contributed by atoms with van der Waals surface area (Å²) >= 11 is 0. The van der Waals surface area contributed by atoms with E-state index in [0.717, 1.165) is 17.1 Å². The van der Waals surface area contributed by atoms with E-state index in [0.29, 0.717) is 18.0 Å². The van der Waals surface area contributed by atoms with Crippen LogP contribution in [0.1, 0.15) is 11.4 Å². The lowest BCUT2D eigenvalue weighted by molar-refractivity contribution is 0.350. The summed E-state index contributed by atoms with van der Waals surface area (Å²) in [5.74, 6) is 1.33. The second-order valence-electron chi connectivity index (χ2n) is 4.15. The normalized spacial score (nSPS) is 10.3. The molecule has 2 aromatic rings. The van der Waals surface area contributed by atoms with Gasteiger partial charge in [-0.1, -0.05) is 0 Å². The first-order valence-corrected chi connectivity index (χ1v) is 5.95. The van der Waals surface area contributed by atoms with Crippen molar-refractivity contribution in [3.63, 3.8) is 0 Å². The van der Waals surface area contributed by atoms with E-state index in [4.69, 9.17) is 9.47 Å². The molecular formula is C13H18N4O2. The Bertz CT molecular complexity index is 566. The molecule has 0 bridgehead atoms. The Balaban J connectivity index is 2.17. The van der Waals surface area contributed by atoms with Crippen molar-refractivity contribution in [1.29, 1.82) is 0 Å². The molecule has 0 atom stereocenters. The third kappa shape index (κ3) is 2.78. The number of nitrogens with zero attached hydrogens (tertiary/aromatic N) is 3. The highest BCUT2D eigenvalue weighted by Crippen LogP contribution is 2.29.